The fraction of sp³-hybridized carbons (Fsp3) is 0.750. The third-order valence-corrected chi connectivity index (χ3v) is 3.62. The van der Waals surface area contributed by atoms with E-state index in [1.807, 2.05) is 0 Å². The Morgan fingerprint density at radius 3 is 2.63 bits per heavy atom. The SMILES string of the molecule is CN=C(NCCOCCS(C)(=O)=O)NC1CC=CC1. The van der Waals surface area contributed by atoms with Crippen molar-refractivity contribution in [1.29, 1.82) is 0 Å². The monoisotopic (exact) mass is 289 g/mol. The quantitative estimate of drug-likeness (QED) is 0.297. The number of nitrogens with zero attached hydrogens (tertiary/aromatic N) is 1. The lowest BCUT2D eigenvalue weighted by Gasteiger charge is -2.16. The van der Waals surface area contributed by atoms with E-state index in [0.717, 1.165) is 18.8 Å². The van der Waals surface area contributed by atoms with E-state index in [-0.39, 0.29) is 12.4 Å². The van der Waals surface area contributed by atoms with Gasteiger partial charge in [0.1, 0.15) is 9.84 Å². The normalized spacial score (nSPS) is 16.8. The number of nitrogens with one attached hydrogen (secondary N) is 2. The Balaban J connectivity index is 2.06. The second-order valence-corrected chi connectivity index (χ2v) is 6.79. The minimum absolute atomic E-state index is 0.0632. The van der Waals surface area contributed by atoms with Crippen LogP contribution in [-0.2, 0) is 14.6 Å². The van der Waals surface area contributed by atoms with Gasteiger partial charge in [-0.15, -0.1) is 0 Å². The Kier molecular flexibility index (Phi) is 6.86. The molecule has 0 saturated carbocycles. The molecule has 0 bridgehead atoms. The van der Waals surface area contributed by atoms with Gasteiger partial charge in [-0.3, -0.25) is 4.99 Å². The molecule has 1 rings (SSSR count). The average Bonchev–Trinajstić information content (AvgIpc) is 2.83. The Bertz CT molecular complexity index is 410. The van der Waals surface area contributed by atoms with E-state index in [0.29, 0.717) is 19.2 Å². The van der Waals surface area contributed by atoms with Crippen LogP contribution < -0.4 is 10.6 Å². The highest BCUT2D eigenvalue weighted by Crippen LogP contribution is 2.08. The summed E-state index contributed by atoms with van der Waals surface area (Å²) in [6.07, 6.45) is 7.55. The molecule has 0 spiro atoms. The number of guanidine groups is 1. The summed E-state index contributed by atoms with van der Waals surface area (Å²) >= 11 is 0. The van der Waals surface area contributed by atoms with Gasteiger partial charge >= 0.3 is 0 Å². The smallest absolute Gasteiger partial charge is 0.191 e. The summed E-state index contributed by atoms with van der Waals surface area (Å²) in [5.74, 6) is 0.814. The first kappa shape index (κ1) is 16.0. The molecular formula is C12H23N3O3S. The van der Waals surface area contributed by atoms with Gasteiger partial charge in [-0.2, -0.15) is 0 Å². The number of hydrogen-bond donors (Lipinski definition) is 2. The highest BCUT2D eigenvalue weighted by atomic mass is 32.2. The molecule has 0 aliphatic heterocycles. The van der Waals surface area contributed by atoms with Gasteiger partial charge in [0.25, 0.3) is 0 Å². The molecule has 0 fully saturated rings. The molecule has 0 heterocycles. The summed E-state index contributed by atoms with van der Waals surface area (Å²) in [4.78, 5) is 4.12. The van der Waals surface area contributed by atoms with Crippen LogP contribution in [0.3, 0.4) is 0 Å². The van der Waals surface area contributed by atoms with Crippen LogP contribution in [-0.4, -0.2) is 59.2 Å². The molecule has 1 aliphatic rings. The van der Waals surface area contributed by atoms with Gasteiger partial charge in [0.15, 0.2) is 5.96 Å². The predicted octanol–water partition coefficient (Wildman–Crippen LogP) is -0.0688. The molecule has 0 saturated heterocycles. The van der Waals surface area contributed by atoms with Gasteiger partial charge in [-0.25, -0.2) is 8.42 Å². The van der Waals surface area contributed by atoms with Crippen molar-refractivity contribution in [3.8, 4) is 0 Å². The van der Waals surface area contributed by atoms with Gasteiger partial charge < -0.3 is 15.4 Å². The fourth-order valence-corrected chi connectivity index (χ4v) is 2.10. The zero-order valence-corrected chi connectivity index (χ0v) is 12.4. The van der Waals surface area contributed by atoms with Crippen LogP contribution in [0, 0.1) is 0 Å². The van der Waals surface area contributed by atoms with Crippen molar-refractivity contribution < 1.29 is 13.2 Å². The minimum Gasteiger partial charge on any atom is -0.379 e. The van der Waals surface area contributed by atoms with Crippen molar-refractivity contribution in [3.63, 3.8) is 0 Å². The van der Waals surface area contributed by atoms with Crippen LogP contribution in [0.1, 0.15) is 12.8 Å². The lowest BCUT2D eigenvalue weighted by atomic mass is 10.2. The van der Waals surface area contributed by atoms with Gasteiger partial charge in [-0.1, -0.05) is 12.2 Å². The first-order valence-corrected chi connectivity index (χ1v) is 8.45. The highest BCUT2D eigenvalue weighted by molar-refractivity contribution is 7.90. The Labute approximate surface area is 115 Å². The molecule has 6 nitrogen and oxygen atoms in total. The van der Waals surface area contributed by atoms with Crippen molar-refractivity contribution >= 4 is 15.8 Å². The predicted molar refractivity (Wildman–Crippen MR) is 77.2 cm³/mol. The van der Waals surface area contributed by atoms with E-state index < -0.39 is 9.84 Å². The molecule has 0 unspecified atom stereocenters. The molecule has 7 heteroatoms. The molecule has 0 radical (unpaired) electrons. The zero-order valence-electron chi connectivity index (χ0n) is 11.6. The third kappa shape index (κ3) is 7.84. The molecule has 0 aromatic carbocycles. The first-order valence-electron chi connectivity index (χ1n) is 6.39. The van der Waals surface area contributed by atoms with E-state index in [1.54, 1.807) is 7.05 Å². The molecule has 0 aromatic rings. The average molecular weight is 289 g/mol. The van der Waals surface area contributed by atoms with Crippen molar-refractivity contribution in [2.24, 2.45) is 4.99 Å². The minimum atomic E-state index is -2.94. The second kappa shape index (κ2) is 8.16. The van der Waals surface area contributed by atoms with Crippen LogP contribution in [0.4, 0.5) is 0 Å². The van der Waals surface area contributed by atoms with E-state index in [9.17, 15) is 8.42 Å². The number of ether oxygens (including phenoxy) is 1. The second-order valence-electron chi connectivity index (χ2n) is 4.53. The molecular weight excluding hydrogens is 266 g/mol. The van der Waals surface area contributed by atoms with Crippen LogP contribution >= 0.6 is 0 Å². The molecule has 1 aliphatic carbocycles. The molecule has 0 atom stereocenters. The molecule has 0 amide bonds. The first-order chi connectivity index (χ1) is 9.01. The maximum absolute atomic E-state index is 10.9. The Morgan fingerprint density at radius 1 is 1.37 bits per heavy atom. The zero-order chi connectivity index (χ0) is 14.1. The van der Waals surface area contributed by atoms with Crippen LogP contribution in [0.25, 0.3) is 0 Å². The fourth-order valence-electron chi connectivity index (χ4n) is 1.68. The van der Waals surface area contributed by atoms with Crippen molar-refractivity contribution in [1.82, 2.24) is 10.6 Å². The summed E-state index contributed by atoms with van der Waals surface area (Å²) in [6, 6.07) is 0.414. The van der Waals surface area contributed by atoms with E-state index in [2.05, 4.69) is 27.8 Å². The molecule has 2 N–H and O–H groups in total. The van der Waals surface area contributed by atoms with Crippen LogP contribution in [0.15, 0.2) is 17.1 Å². The van der Waals surface area contributed by atoms with Gasteiger partial charge in [-0.05, 0) is 12.8 Å². The van der Waals surface area contributed by atoms with E-state index >= 15 is 0 Å². The van der Waals surface area contributed by atoms with Gasteiger partial charge in [0, 0.05) is 25.9 Å². The molecule has 110 valence electrons. The number of hydrogen-bond acceptors (Lipinski definition) is 4. The van der Waals surface area contributed by atoms with Crippen molar-refractivity contribution in [3.05, 3.63) is 12.2 Å². The summed E-state index contributed by atoms with van der Waals surface area (Å²) in [7, 11) is -1.21. The number of aliphatic imine (C=N–C) groups is 1. The Hall–Kier alpha value is -1.08. The molecule has 19 heavy (non-hydrogen) atoms. The maximum atomic E-state index is 10.9. The van der Waals surface area contributed by atoms with Crippen molar-refractivity contribution in [2.75, 3.05) is 38.8 Å². The van der Waals surface area contributed by atoms with Crippen LogP contribution in [0.5, 0.6) is 0 Å². The third-order valence-electron chi connectivity index (χ3n) is 2.71. The summed E-state index contributed by atoms with van der Waals surface area (Å²) < 4.78 is 27.0. The van der Waals surface area contributed by atoms with Gasteiger partial charge in [0.2, 0.25) is 0 Å². The molecule has 0 aromatic heterocycles. The highest BCUT2D eigenvalue weighted by Gasteiger charge is 2.11. The summed E-state index contributed by atoms with van der Waals surface area (Å²) in [5.41, 5.74) is 0. The number of sulfone groups is 1. The largest absolute Gasteiger partial charge is 0.379 e. The van der Waals surface area contributed by atoms with E-state index in [4.69, 9.17) is 4.74 Å². The lowest BCUT2D eigenvalue weighted by molar-refractivity contribution is 0.154. The lowest BCUT2D eigenvalue weighted by Crippen LogP contribution is -2.43. The van der Waals surface area contributed by atoms with Crippen LogP contribution in [0.2, 0.25) is 0 Å². The van der Waals surface area contributed by atoms with Gasteiger partial charge in [0.05, 0.1) is 19.0 Å². The maximum Gasteiger partial charge on any atom is 0.191 e. The standard InChI is InChI=1S/C12H23N3O3S/c1-13-12(15-11-5-3-4-6-11)14-7-8-18-9-10-19(2,16)17/h3-4,11H,5-10H2,1-2H3,(H2,13,14,15). The van der Waals surface area contributed by atoms with Crippen molar-refractivity contribution in [2.45, 2.75) is 18.9 Å². The van der Waals surface area contributed by atoms with E-state index in [1.165, 1.54) is 6.26 Å². The Morgan fingerprint density at radius 2 is 2.05 bits per heavy atom. The topological polar surface area (TPSA) is 79.8 Å². The summed E-state index contributed by atoms with van der Waals surface area (Å²) in [5, 5.41) is 6.44. The number of rotatable bonds is 7. The summed E-state index contributed by atoms with van der Waals surface area (Å²) in [6.45, 7) is 1.29.